The molecule has 0 unspecified atom stereocenters. The maximum atomic E-state index is 13.2. The van der Waals surface area contributed by atoms with E-state index in [0.717, 1.165) is 6.08 Å². The largest absolute Gasteiger partial charge is 0.507 e. The van der Waals surface area contributed by atoms with Crippen LogP contribution in [0.1, 0.15) is 27.7 Å². The Labute approximate surface area is 191 Å². The van der Waals surface area contributed by atoms with E-state index in [1.807, 2.05) is 0 Å². The Bertz CT molecular complexity index is 1340. The van der Waals surface area contributed by atoms with E-state index in [2.05, 4.69) is 19.7 Å². The van der Waals surface area contributed by atoms with Crippen molar-refractivity contribution in [2.24, 2.45) is 0 Å². The summed E-state index contributed by atoms with van der Waals surface area (Å²) in [6, 6.07) is 5.77. The third-order valence-electron chi connectivity index (χ3n) is 4.92. The Morgan fingerprint density at radius 2 is 1.67 bits per heavy atom. The molecule has 33 heavy (non-hydrogen) atoms. The molecule has 3 rings (SSSR count). The molecule has 1 aromatic heterocycles. The summed E-state index contributed by atoms with van der Waals surface area (Å²) in [7, 11) is 0. The standard InChI is InChI=1S/C26H26O7/c1-8-20(28)31-24-18(33-26(6,7)10-3)12-11-16-22(29)21-17(27)13-15(32-25(4,5)9-2)14-19(21)30-23(16)24/h8-14,27H,1-3H2,4-7H3. The van der Waals surface area contributed by atoms with Crippen molar-refractivity contribution in [3.05, 3.63) is 72.5 Å². The van der Waals surface area contributed by atoms with Crippen LogP contribution in [0.5, 0.6) is 23.0 Å². The Kier molecular flexibility index (Phi) is 6.09. The van der Waals surface area contributed by atoms with Crippen LogP contribution in [0, 0.1) is 0 Å². The van der Waals surface area contributed by atoms with Gasteiger partial charge >= 0.3 is 5.97 Å². The molecule has 0 amide bonds. The van der Waals surface area contributed by atoms with Crippen molar-refractivity contribution in [1.29, 1.82) is 0 Å². The van der Waals surface area contributed by atoms with Gasteiger partial charge in [-0.3, -0.25) is 4.79 Å². The van der Waals surface area contributed by atoms with E-state index >= 15 is 0 Å². The van der Waals surface area contributed by atoms with E-state index in [9.17, 15) is 14.7 Å². The summed E-state index contributed by atoms with van der Waals surface area (Å²) in [6.45, 7) is 18.0. The molecule has 0 saturated carbocycles. The highest BCUT2D eigenvalue weighted by atomic mass is 16.6. The molecule has 2 aromatic carbocycles. The molecule has 0 fully saturated rings. The third-order valence-corrected chi connectivity index (χ3v) is 4.92. The zero-order chi connectivity index (χ0) is 24.6. The highest BCUT2D eigenvalue weighted by Gasteiger charge is 2.25. The van der Waals surface area contributed by atoms with Crippen LogP contribution < -0.4 is 19.6 Å². The Morgan fingerprint density at radius 3 is 2.27 bits per heavy atom. The van der Waals surface area contributed by atoms with Gasteiger partial charge in [-0.2, -0.15) is 0 Å². The highest BCUT2D eigenvalue weighted by Crippen LogP contribution is 2.40. The number of ether oxygens (including phenoxy) is 3. The molecule has 0 aliphatic rings. The molecule has 0 saturated heterocycles. The van der Waals surface area contributed by atoms with Crippen LogP contribution in [0.4, 0.5) is 0 Å². The van der Waals surface area contributed by atoms with Crippen molar-refractivity contribution in [3.8, 4) is 23.0 Å². The fourth-order valence-corrected chi connectivity index (χ4v) is 3.00. The van der Waals surface area contributed by atoms with E-state index in [1.54, 1.807) is 39.8 Å². The van der Waals surface area contributed by atoms with Crippen LogP contribution >= 0.6 is 0 Å². The summed E-state index contributed by atoms with van der Waals surface area (Å²) in [5.74, 6) is -0.745. The van der Waals surface area contributed by atoms with Gasteiger partial charge in [0.25, 0.3) is 0 Å². The summed E-state index contributed by atoms with van der Waals surface area (Å²) in [5, 5.41) is 10.6. The maximum Gasteiger partial charge on any atom is 0.335 e. The number of carbonyl (C=O) groups excluding carboxylic acids is 1. The molecule has 0 aliphatic carbocycles. The van der Waals surface area contributed by atoms with Crippen molar-refractivity contribution < 1.29 is 28.5 Å². The van der Waals surface area contributed by atoms with Crippen molar-refractivity contribution in [2.75, 3.05) is 0 Å². The average Bonchev–Trinajstić information content (AvgIpc) is 2.74. The number of aromatic hydroxyl groups is 1. The molecule has 0 atom stereocenters. The molecule has 7 heteroatoms. The normalized spacial score (nSPS) is 11.8. The lowest BCUT2D eigenvalue weighted by Crippen LogP contribution is -2.25. The molecular formula is C26H26O7. The highest BCUT2D eigenvalue weighted by molar-refractivity contribution is 5.98. The fourth-order valence-electron chi connectivity index (χ4n) is 3.00. The zero-order valence-corrected chi connectivity index (χ0v) is 19.1. The number of carbonyl (C=O) groups is 1. The molecular weight excluding hydrogens is 424 g/mol. The number of rotatable bonds is 8. The second kappa shape index (κ2) is 8.50. The monoisotopic (exact) mass is 450 g/mol. The van der Waals surface area contributed by atoms with Crippen LogP contribution in [0.3, 0.4) is 0 Å². The van der Waals surface area contributed by atoms with Crippen molar-refractivity contribution in [3.63, 3.8) is 0 Å². The SMILES string of the molecule is C=CC(=O)Oc1c(OC(C)(C)C=C)ccc2c(=O)c3c(O)cc(OC(C)(C)C=C)cc3oc12. The van der Waals surface area contributed by atoms with Crippen LogP contribution in [0.2, 0.25) is 0 Å². The van der Waals surface area contributed by atoms with Gasteiger partial charge in [0.05, 0.1) is 5.39 Å². The quantitative estimate of drug-likeness (QED) is 0.161. The lowest BCUT2D eigenvalue weighted by Gasteiger charge is -2.24. The van der Waals surface area contributed by atoms with Gasteiger partial charge in [0, 0.05) is 18.2 Å². The summed E-state index contributed by atoms with van der Waals surface area (Å²) in [4.78, 5) is 25.3. The van der Waals surface area contributed by atoms with Crippen LogP contribution in [0.25, 0.3) is 21.9 Å². The van der Waals surface area contributed by atoms with Gasteiger partial charge < -0.3 is 23.7 Å². The van der Waals surface area contributed by atoms with Crippen LogP contribution in [-0.4, -0.2) is 22.3 Å². The number of phenols is 1. The second-order valence-corrected chi connectivity index (χ2v) is 8.46. The maximum absolute atomic E-state index is 13.2. The number of hydrogen-bond acceptors (Lipinski definition) is 7. The zero-order valence-electron chi connectivity index (χ0n) is 19.1. The fraction of sp³-hybridized carbons (Fsp3) is 0.231. The van der Waals surface area contributed by atoms with Gasteiger partial charge in [0.15, 0.2) is 11.3 Å². The molecule has 1 N–H and O–H groups in total. The average molecular weight is 450 g/mol. The summed E-state index contributed by atoms with van der Waals surface area (Å²) in [5.41, 5.74) is -2.05. The number of phenolic OH excluding ortho intramolecular Hbond substituents is 1. The van der Waals surface area contributed by atoms with Crippen molar-refractivity contribution in [1.82, 2.24) is 0 Å². The van der Waals surface area contributed by atoms with Gasteiger partial charge in [-0.25, -0.2) is 4.79 Å². The summed E-state index contributed by atoms with van der Waals surface area (Å²) in [6.07, 6.45) is 4.16. The molecule has 0 aliphatic heterocycles. The number of hydrogen-bond donors (Lipinski definition) is 1. The smallest absolute Gasteiger partial charge is 0.335 e. The predicted molar refractivity (Wildman–Crippen MR) is 127 cm³/mol. The van der Waals surface area contributed by atoms with Crippen LogP contribution in [-0.2, 0) is 4.79 Å². The van der Waals surface area contributed by atoms with E-state index in [-0.39, 0.29) is 44.9 Å². The first-order valence-electron chi connectivity index (χ1n) is 10.2. The molecule has 7 nitrogen and oxygen atoms in total. The second-order valence-electron chi connectivity index (χ2n) is 8.46. The van der Waals surface area contributed by atoms with E-state index in [4.69, 9.17) is 18.6 Å². The minimum atomic E-state index is -0.810. The summed E-state index contributed by atoms with van der Waals surface area (Å²) >= 11 is 0. The molecule has 1 heterocycles. The first-order valence-corrected chi connectivity index (χ1v) is 10.2. The van der Waals surface area contributed by atoms with Gasteiger partial charge in [-0.05, 0) is 52.0 Å². The molecule has 0 spiro atoms. The third kappa shape index (κ3) is 4.77. The van der Waals surface area contributed by atoms with E-state index in [1.165, 1.54) is 24.3 Å². The van der Waals surface area contributed by atoms with Gasteiger partial charge in [-0.1, -0.05) is 19.7 Å². The molecule has 0 radical (unpaired) electrons. The number of benzene rings is 2. The van der Waals surface area contributed by atoms with Gasteiger partial charge in [0.2, 0.25) is 11.2 Å². The first kappa shape index (κ1) is 23.7. The Hall–Kier alpha value is -4.00. The molecule has 0 bridgehead atoms. The van der Waals surface area contributed by atoms with Gasteiger partial charge in [0.1, 0.15) is 33.7 Å². The molecule has 3 aromatic rings. The Balaban J connectivity index is 2.35. The van der Waals surface area contributed by atoms with Gasteiger partial charge in [-0.15, -0.1) is 0 Å². The molecule has 172 valence electrons. The van der Waals surface area contributed by atoms with Crippen LogP contribution in [0.15, 0.2) is 71.4 Å². The lowest BCUT2D eigenvalue weighted by atomic mass is 10.1. The lowest BCUT2D eigenvalue weighted by molar-refractivity contribution is -0.129. The summed E-state index contributed by atoms with van der Waals surface area (Å²) < 4.78 is 23.2. The topological polar surface area (TPSA) is 95.2 Å². The minimum Gasteiger partial charge on any atom is -0.507 e. The van der Waals surface area contributed by atoms with Crippen molar-refractivity contribution in [2.45, 2.75) is 38.9 Å². The van der Waals surface area contributed by atoms with Crippen molar-refractivity contribution >= 4 is 27.9 Å². The number of fused-ring (bicyclic) bond motifs is 2. The Morgan fingerprint density at radius 1 is 1.03 bits per heavy atom. The number of esters is 1. The minimum absolute atomic E-state index is 0.0282. The first-order chi connectivity index (χ1) is 15.4. The van der Waals surface area contributed by atoms with E-state index < -0.39 is 22.6 Å². The predicted octanol–water partition coefficient (Wildman–Crippen LogP) is 5.43. The van der Waals surface area contributed by atoms with E-state index in [0.29, 0.717) is 0 Å².